The summed E-state index contributed by atoms with van der Waals surface area (Å²) < 4.78 is 15.4. The van der Waals surface area contributed by atoms with Crippen LogP contribution in [0.4, 0.5) is 10.1 Å². The molecule has 0 spiro atoms. The summed E-state index contributed by atoms with van der Waals surface area (Å²) in [6.45, 7) is 0. The quantitative estimate of drug-likeness (QED) is 0.319. The molecule has 1 aliphatic carbocycles. The lowest BCUT2D eigenvalue weighted by atomic mass is 9.93. The third kappa shape index (κ3) is 4.12. The van der Waals surface area contributed by atoms with Gasteiger partial charge in [-0.25, -0.2) is 14.2 Å². The van der Waals surface area contributed by atoms with Gasteiger partial charge in [0.15, 0.2) is 0 Å². The van der Waals surface area contributed by atoms with Gasteiger partial charge in [-0.2, -0.15) is 0 Å². The second kappa shape index (κ2) is 8.41. The molecule has 1 heterocycles. The van der Waals surface area contributed by atoms with Crippen LogP contribution in [0.5, 0.6) is 0 Å². The Morgan fingerprint density at radius 2 is 1.79 bits per heavy atom. The van der Waals surface area contributed by atoms with Crippen LogP contribution >= 0.6 is 15.9 Å². The molecule has 1 aliphatic rings. The van der Waals surface area contributed by atoms with Gasteiger partial charge < -0.3 is 10.4 Å². The molecule has 0 radical (unpaired) electrons. The number of anilines is 1. The number of nitrogens with zero attached hydrogens (tertiary/aromatic N) is 1. The van der Waals surface area contributed by atoms with E-state index < -0.39 is 17.7 Å². The zero-order valence-electron chi connectivity index (χ0n) is 17.3. The first kappa shape index (κ1) is 21.3. The first-order valence-corrected chi connectivity index (χ1v) is 11.2. The van der Waals surface area contributed by atoms with Crippen molar-refractivity contribution in [2.45, 2.75) is 18.8 Å². The van der Waals surface area contributed by atoms with Crippen LogP contribution in [-0.4, -0.2) is 22.0 Å². The number of aromatic nitrogens is 1. The Morgan fingerprint density at radius 3 is 2.45 bits per heavy atom. The fourth-order valence-corrected chi connectivity index (χ4v) is 4.38. The topological polar surface area (TPSA) is 79.3 Å². The van der Waals surface area contributed by atoms with E-state index in [0.717, 1.165) is 40.2 Å². The Labute approximate surface area is 197 Å². The number of carboxylic acids is 1. The number of hydrogen-bond acceptors (Lipinski definition) is 3. The maximum Gasteiger partial charge on any atom is 0.335 e. The Kier molecular flexibility index (Phi) is 5.42. The van der Waals surface area contributed by atoms with E-state index in [0.29, 0.717) is 16.5 Å². The zero-order valence-corrected chi connectivity index (χ0v) is 18.9. The summed E-state index contributed by atoms with van der Waals surface area (Å²) in [4.78, 5) is 29.6. The lowest BCUT2D eigenvalue weighted by molar-refractivity contribution is 0.0696. The fraction of sp³-hybridized carbons (Fsp3) is 0.115. The zero-order chi connectivity index (χ0) is 23.1. The number of nitrogens with one attached hydrogen (secondary N) is 1. The van der Waals surface area contributed by atoms with Crippen LogP contribution in [0, 0.1) is 5.82 Å². The minimum atomic E-state index is -1.24. The van der Waals surface area contributed by atoms with Crippen molar-refractivity contribution in [3.63, 3.8) is 0 Å². The molecule has 2 N–H and O–H groups in total. The number of hydrogen-bond donors (Lipinski definition) is 2. The monoisotopic (exact) mass is 504 g/mol. The highest BCUT2D eigenvalue weighted by Gasteiger charge is 2.33. The van der Waals surface area contributed by atoms with Crippen molar-refractivity contribution in [2.24, 2.45) is 0 Å². The van der Waals surface area contributed by atoms with Gasteiger partial charge in [-0.1, -0.05) is 46.3 Å². The Hall–Kier alpha value is -3.58. The number of amides is 1. The van der Waals surface area contributed by atoms with E-state index in [-0.39, 0.29) is 17.2 Å². The van der Waals surface area contributed by atoms with Crippen molar-refractivity contribution in [3.05, 3.63) is 93.7 Å². The standard InChI is InChI=1S/C26H18BrFN2O3/c27-17-9-11-20-18(13-17)23(25(31)30-21-10-8-16(26(32)33)12-19(21)28)22(14-6-7-14)24(29-20)15-4-2-1-3-5-15/h1-5,8-14H,6-7H2,(H,30,31)(H,32,33). The molecule has 33 heavy (non-hydrogen) atoms. The molecule has 4 aromatic rings. The highest BCUT2D eigenvalue weighted by Crippen LogP contribution is 2.47. The molecular formula is C26H18BrFN2O3. The average molecular weight is 505 g/mol. The van der Waals surface area contributed by atoms with Gasteiger partial charge >= 0.3 is 5.97 Å². The smallest absolute Gasteiger partial charge is 0.335 e. The molecule has 0 unspecified atom stereocenters. The molecular weight excluding hydrogens is 487 g/mol. The van der Waals surface area contributed by atoms with E-state index in [2.05, 4.69) is 21.2 Å². The summed E-state index contributed by atoms with van der Waals surface area (Å²) in [5, 5.41) is 12.4. The van der Waals surface area contributed by atoms with Crippen LogP contribution in [0.2, 0.25) is 0 Å². The Bertz CT molecular complexity index is 1420. The second-order valence-corrected chi connectivity index (χ2v) is 8.92. The molecule has 5 nitrogen and oxygen atoms in total. The third-order valence-electron chi connectivity index (χ3n) is 5.71. The number of fused-ring (bicyclic) bond motifs is 1. The summed E-state index contributed by atoms with van der Waals surface area (Å²) in [5.41, 5.74) is 3.38. The molecule has 0 bridgehead atoms. The highest BCUT2D eigenvalue weighted by molar-refractivity contribution is 9.10. The van der Waals surface area contributed by atoms with Crippen molar-refractivity contribution in [1.82, 2.24) is 4.98 Å². The molecule has 0 saturated heterocycles. The Morgan fingerprint density at radius 1 is 1.03 bits per heavy atom. The van der Waals surface area contributed by atoms with E-state index in [1.807, 2.05) is 48.5 Å². The van der Waals surface area contributed by atoms with Crippen molar-refractivity contribution >= 4 is 44.4 Å². The molecule has 7 heteroatoms. The Balaban J connectivity index is 1.69. The van der Waals surface area contributed by atoms with Gasteiger partial charge in [0, 0.05) is 15.4 Å². The van der Waals surface area contributed by atoms with Crippen LogP contribution in [0.25, 0.3) is 22.2 Å². The van der Waals surface area contributed by atoms with Gasteiger partial charge in [0.25, 0.3) is 5.91 Å². The van der Waals surface area contributed by atoms with Crippen LogP contribution in [0.3, 0.4) is 0 Å². The van der Waals surface area contributed by atoms with E-state index in [1.54, 1.807) is 0 Å². The molecule has 1 amide bonds. The maximum absolute atomic E-state index is 14.6. The number of pyridine rings is 1. The molecule has 0 aliphatic heterocycles. The summed E-state index contributed by atoms with van der Waals surface area (Å²) in [5.74, 6) is -2.31. The van der Waals surface area contributed by atoms with Crippen LogP contribution < -0.4 is 5.32 Å². The fourth-order valence-electron chi connectivity index (χ4n) is 4.01. The minimum absolute atomic E-state index is 0.0760. The summed E-state index contributed by atoms with van der Waals surface area (Å²) in [7, 11) is 0. The number of halogens is 2. The minimum Gasteiger partial charge on any atom is -0.478 e. The van der Waals surface area contributed by atoms with Gasteiger partial charge in [-0.05, 0) is 60.7 Å². The lowest BCUT2D eigenvalue weighted by Gasteiger charge is -2.18. The number of benzene rings is 3. The van der Waals surface area contributed by atoms with Gasteiger partial charge in [0.1, 0.15) is 5.82 Å². The van der Waals surface area contributed by atoms with Crippen LogP contribution in [0.15, 0.2) is 71.2 Å². The number of carbonyl (C=O) groups is 2. The SMILES string of the molecule is O=C(O)c1ccc(NC(=O)c2c(C3CC3)c(-c3ccccc3)nc3ccc(Br)cc23)c(F)c1. The second-order valence-electron chi connectivity index (χ2n) is 8.00. The largest absolute Gasteiger partial charge is 0.478 e. The molecule has 0 atom stereocenters. The predicted molar refractivity (Wildman–Crippen MR) is 128 cm³/mol. The molecule has 164 valence electrons. The number of aromatic carboxylic acids is 1. The van der Waals surface area contributed by atoms with Crippen molar-refractivity contribution < 1.29 is 19.1 Å². The van der Waals surface area contributed by atoms with E-state index >= 15 is 0 Å². The van der Waals surface area contributed by atoms with Crippen molar-refractivity contribution in [2.75, 3.05) is 5.32 Å². The molecule has 5 rings (SSSR count). The summed E-state index contributed by atoms with van der Waals surface area (Å²) >= 11 is 3.48. The molecule has 1 aromatic heterocycles. The summed E-state index contributed by atoms with van der Waals surface area (Å²) in [6.07, 6.45) is 1.89. The average Bonchev–Trinajstić information content (AvgIpc) is 3.65. The first-order valence-electron chi connectivity index (χ1n) is 10.4. The highest BCUT2D eigenvalue weighted by atomic mass is 79.9. The predicted octanol–water partition coefficient (Wildman–Crippen LogP) is 6.63. The van der Waals surface area contributed by atoms with E-state index in [9.17, 15) is 14.0 Å². The number of carboxylic acid groups (broad SMARTS) is 1. The van der Waals surface area contributed by atoms with E-state index in [1.165, 1.54) is 12.1 Å². The lowest BCUT2D eigenvalue weighted by Crippen LogP contribution is -2.17. The molecule has 1 saturated carbocycles. The van der Waals surface area contributed by atoms with E-state index in [4.69, 9.17) is 10.1 Å². The maximum atomic E-state index is 14.6. The number of rotatable bonds is 5. The summed E-state index contributed by atoms with van der Waals surface area (Å²) in [6, 6.07) is 18.7. The van der Waals surface area contributed by atoms with Gasteiger partial charge in [0.05, 0.1) is 28.0 Å². The molecule has 3 aromatic carbocycles. The van der Waals surface area contributed by atoms with Crippen LogP contribution in [-0.2, 0) is 0 Å². The molecule has 1 fully saturated rings. The van der Waals surface area contributed by atoms with Crippen LogP contribution in [0.1, 0.15) is 45.0 Å². The van der Waals surface area contributed by atoms with Crippen molar-refractivity contribution in [1.29, 1.82) is 0 Å². The number of carbonyl (C=O) groups excluding carboxylic acids is 1. The first-order chi connectivity index (χ1) is 15.9. The van der Waals surface area contributed by atoms with Gasteiger partial charge in [0.2, 0.25) is 0 Å². The third-order valence-corrected chi connectivity index (χ3v) is 6.20. The van der Waals surface area contributed by atoms with Gasteiger partial charge in [-0.15, -0.1) is 0 Å². The van der Waals surface area contributed by atoms with Crippen molar-refractivity contribution in [3.8, 4) is 11.3 Å². The van der Waals surface area contributed by atoms with Gasteiger partial charge in [-0.3, -0.25) is 4.79 Å². The normalized spacial score (nSPS) is 13.2.